The van der Waals surface area contributed by atoms with Crippen LogP contribution in [-0.2, 0) is 25.6 Å². The van der Waals surface area contributed by atoms with Crippen molar-refractivity contribution < 1.29 is 49.0 Å². The molecule has 1 saturated carbocycles. The minimum Gasteiger partial charge on any atom is -0.493 e. The lowest BCUT2D eigenvalue weighted by Crippen LogP contribution is -2.20. The molecule has 0 radical (unpaired) electrons. The van der Waals surface area contributed by atoms with Gasteiger partial charge >= 0.3 is 11.9 Å². The van der Waals surface area contributed by atoms with Gasteiger partial charge in [0.25, 0.3) is 5.09 Å². The van der Waals surface area contributed by atoms with Crippen LogP contribution in [0, 0.1) is 22.0 Å². The van der Waals surface area contributed by atoms with Crippen LogP contribution in [0.15, 0.2) is 72.8 Å². The maximum Gasteiger partial charge on any atom is 0.311 e. The van der Waals surface area contributed by atoms with Crippen LogP contribution in [0.1, 0.15) is 62.5 Å². The Balaban J connectivity index is 1.37. The molecule has 0 aliphatic heterocycles. The molecule has 3 N–H and O–H groups in total. The van der Waals surface area contributed by atoms with Crippen LogP contribution < -0.4 is 9.47 Å². The van der Waals surface area contributed by atoms with Gasteiger partial charge in [-0.1, -0.05) is 60.2 Å². The van der Waals surface area contributed by atoms with Crippen LogP contribution >= 0.6 is 11.6 Å². The molecule has 0 heterocycles. The molecule has 2 aromatic carbocycles. The van der Waals surface area contributed by atoms with Gasteiger partial charge in [0.15, 0.2) is 11.5 Å². The van der Waals surface area contributed by atoms with Crippen LogP contribution in [0.2, 0.25) is 5.02 Å². The summed E-state index contributed by atoms with van der Waals surface area (Å²) in [4.78, 5) is 38.4. The largest absolute Gasteiger partial charge is 0.493 e. The van der Waals surface area contributed by atoms with Gasteiger partial charge in [-0.3, -0.25) is 9.59 Å². The van der Waals surface area contributed by atoms with Gasteiger partial charge in [-0.25, -0.2) is 0 Å². The van der Waals surface area contributed by atoms with Crippen molar-refractivity contribution >= 4 is 29.6 Å². The number of aryl methyl sites for hydroxylation is 1. The van der Waals surface area contributed by atoms with E-state index in [4.69, 9.17) is 25.8 Å². The van der Waals surface area contributed by atoms with Crippen molar-refractivity contribution in [2.24, 2.45) is 11.8 Å². The molecule has 0 unspecified atom stereocenters. The van der Waals surface area contributed by atoms with Crippen LogP contribution in [-0.4, -0.2) is 71.0 Å². The normalized spacial score (nSPS) is 19.6. The number of hydrogen-bond donors (Lipinski definition) is 3. The first-order chi connectivity index (χ1) is 24.0. The number of hydrogen-bond acceptors (Lipinski definition) is 11. The zero-order chi connectivity index (χ0) is 36.3. The molecule has 0 bridgehead atoms. The van der Waals surface area contributed by atoms with E-state index < -0.39 is 35.3 Å². The first-order valence-electron chi connectivity index (χ1n) is 16.7. The fourth-order valence-electron chi connectivity index (χ4n) is 5.60. The molecule has 5 atom stereocenters. The summed E-state index contributed by atoms with van der Waals surface area (Å²) in [6.07, 6.45) is 12.3. The summed E-state index contributed by atoms with van der Waals surface area (Å²) in [5.74, 6) is -0.739. The number of esters is 2. The third-order valence-electron chi connectivity index (χ3n) is 8.20. The van der Waals surface area contributed by atoms with Gasteiger partial charge in [0.05, 0.1) is 32.0 Å². The quantitative estimate of drug-likeness (QED) is 0.0355. The molecular formula is C37H46ClNO11. The lowest BCUT2D eigenvalue weighted by molar-refractivity contribution is -0.757. The second-order valence-corrected chi connectivity index (χ2v) is 12.4. The van der Waals surface area contributed by atoms with Crippen LogP contribution in [0.4, 0.5) is 0 Å². The molecule has 0 spiro atoms. The summed E-state index contributed by atoms with van der Waals surface area (Å²) < 4.78 is 15.9. The van der Waals surface area contributed by atoms with Crippen LogP contribution in [0.25, 0.3) is 6.08 Å². The van der Waals surface area contributed by atoms with E-state index in [9.17, 15) is 35.0 Å². The van der Waals surface area contributed by atoms with E-state index in [1.807, 2.05) is 36.4 Å². The predicted molar refractivity (Wildman–Crippen MR) is 187 cm³/mol. The van der Waals surface area contributed by atoms with E-state index >= 15 is 0 Å². The summed E-state index contributed by atoms with van der Waals surface area (Å²) in [7, 11) is 1.46. The number of ether oxygens (including phenoxy) is 3. The maximum absolute atomic E-state index is 12.5. The van der Waals surface area contributed by atoms with Crippen molar-refractivity contribution in [1.82, 2.24) is 0 Å². The molecule has 0 aromatic heterocycles. The van der Waals surface area contributed by atoms with Crippen LogP contribution in [0.5, 0.6) is 11.5 Å². The molecule has 272 valence electrons. The number of allylic oxidation sites excluding steroid dienone is 2. The van der Waals surface area contributed by atoms with Gasteiger partial charge < -0.3 is 34.4 Å². The molecule has 3 rings (SSSR count). The van der Waals surface area contributed by atoms with E-state index in [1.54, 1.807) is 42.5 Å². The summed E-state index contributed by atoms with van der Waals surface area (Å²) in [6, 6.07) is 12.5. The Morgan fingerprint density at radius 3 is 2.60 bits per heavy atom. The number of aliphatic hydroxyl groups is 3. The monoisotopic (exact) mass is 715 g/mol. The molecule has 0 amide bonds. The minimum absolute atomic E-state index is 0.0000750. The molecule has 13 heteroatoms. The average molecular weight is 716 g/mol. The number of methoxy groups -OCH3 is 1. The van der Waals surface area contributed by atoms with Gasteiger partial charge in [0, 0.05) is 30.2 Å². The van der Waals surface area contributed by atoms with Gasteiger partial charge in [0.2, 0.25) is 0 Å². The van der Waals surface area contributed by atoms with E-state index in [-0.39, 0.29) is 56.5 Å². The number of halogens is 1. The Labute approximate surface area is 297 Å². The predicted octanol–water partition coefficient (Wildman–Crippen LogP) is 5.82. The first kappa shape index (κ1) is 40.2. The first-order valence-corrected chi connectivity index (χ1v) is 17.0. The highest BCUT2D eigenvalue weighted by Crippen LogP contribution is 2.36. The fourth-order valence-corrected chi connectivity index (χ4v) is 5.81. The molecule has 0 saturated heterocycles. The highest BCUT2D eigenvalue weighted by molar-refractivity contribution is 6.30. The van der Waals surface area contributed by atoms with Crippen molar-refractivity contribution in [3.05, 3.63) is 99.1 Å². The van der Waals surface area contributed by atoms with Crippen molar-refractivity contribution in [3.8, 4) is 11.5 Å². The van der Waals surface area contributed by atoms with Gasteiger partial charge in [0.1, 0.15) is 6.61 Å². The SMILES string of the molecule is COc1cc(/C=C/COC(=O)CCCO[N+](=O)[O-])ccc1OC(=O)CCC/C=C\C[C@@H]1[C@@H](/C=C/[C@@H](O)CCc2cccc(Cl)c2)[C@H](O)C[C@@H]1O. The summed E-state index contributed by atoms with van der Waals surface area (Å²) in [5, 5.41) is 41.4. The van der Waals surface area contributed by atoms with E-state index in [0.717, 1.165) is 11.1 Å². The number of rotatable bonds is 21. The molecule has 2 aromatic rings. The number of nitrogens with zero attached hydrogens (tertiary/aromatic N) is 1. The molecule has 1 aliphatic rings. The fraction of sp³-hybridized carbons (Fsp3) is 0.459. The highest BCUT2D eigenvalue weighted by Gasteiger charge is 2.39. The number of unbranched alkanes of at least 4 members (excludes halogenated alkanes) is 1. The summed E-state index contributed by atoms with van der Waals surface area (Å²) in [5.41, 5.74) is 1.76. The Morgan fingerprint density at radius 1 is 1.04 bits per heavy atom. The molecule has 12 nitrogen and oxygen atoms in total. The van der Waals surface area contributed by atoms with Gasteiger partial charge in [-0.05, 0) is 85.9 Å². The second-order valence-electron chi connectivity index (χ2n) is 12.0. The van der Waals surface area contributed by atoms with E-state index in [1.165, 1.54) is 7.11 Å². The Bertz CT molecular complexity index is 1480. The molecule has 1 aliphatic carbocycles. The Morgan fingerprint density at radius 2 is 1.84 bits per heavy atom. The maximum atomic E-state index is 12.5. The lowest BCUT2D eigenvalue weighted by Gasteiger charge is -2.19. The van der Waals surface area contributed by atoms with Crippen molar-refractivity contribution in [3.63, 3.8) is 0 Å². The Kier molecular flexibility index (Phi) is 17.5. The van der Waals surface area contributed by atoms with Crippen LogP contribution in [0.3, 0.4) is 0 Å². The second kappa shape index (κ2) is 21.8. The van der Waals surface area contributed by atoms with Crippen molar-refractivity contribution in [2.45, 2.75) is 76.1 Å². The number of carbonyl (C=O) groups is 2. The molecule has 50 heavy (non-hydrogen) atoms. The number of benzene rings is 2. The third-order valence-corrected chi connectivity index (χ3v) is 8.44. The zero-order valence-corrected chi connectivity index (χ0v) is 28.9. The highest BCUT2D eigenvalue weighted by atomic mass is 35.5. The van der Waals surface area contributed by atoms with E-state index in [0.29, 0.717) is 42.9 Å². The van der Waals surface area contributed by atoms with Crippen molar-refractivity contribution in [1.29, 1.82) is 0 Å². The third kappa shape index (κ3) is 14.7. The summed E-state index contributed by atoms with van der Waals surface area (Å²) >= 11 is 6.04. The van der Waals surface area contributed by atoms with E-state index in [2.05, 4.69) is 4.84 Å². The smallest absolute Gasteiger partial charge is 0.311 e. The lowest BCUT2D eigenvalue weighted by atomic mass is 9.89. The van der Waals surface area contributed by atoms with Crippen molar-refractivity contribution in [2.75, 3.05) is 20.3 Å². The summed E-state index contributed by atoms with van der Waals surface area (Å²) in [6.45, 7) is -0.162. The molecule has 1 fully saturated rings. The minimum atomic E-state index is -0.913. The topological polar surface area (TPSA) is 175 Å². The van der Waals surface area contributed by atoms with Gasteiger partial charge in [-0.15, -0.1) is 10.1 Å². The van der Waals surface area contributed by atoms with Gasteiger partial charge in [-0.2, -0.15) is 0 Å². The average Bonchev–Trinajstić information content (AvgIpc) is 3.35. The zero-order valence-electron chi connectivity index (χ0n) is 28.1. The number of aliphatic hydroxyl groups excluding tert-OH is 3. The Hall–Kier alpha value is -4.23. The number of carbonyl (C=O) groups excluding carboxylic acids is 2. The standard InChI is InChI=1S/C37H46ClNO11/c1-47-35-24-27(10-7-21-48-36(43)14-8-22-49-39(45)46)16-20-34(35)50-37(44)13-5-3-2-4-12-30-31(33(42)25-32(30)41)19-18-29(40)17-15-26-9-6-11-28(38)23-26/h2,4,6-7,9-11,16,18-20,23-24,29-33,40-42H,3,5,8,12-15,17,21-22,25H2,1H3/b4-2-,10-7+,19-18+/t29-,30+,31+,32-,33+/m0/s1. The molecular weight excluding hydrogens is 670 g/mol.